The molecule has 0 amide bonds. The number of benzene rings is 2. The quantitative estimate of drug-likeness (QED) is 0.831. The fourth-order valence-electron chi connectivity index (χ4n) is 2.04. The van der Waals surface area contributed by atoms with Crippen molar-refractivity contribution in [2.24, 2.45) is 0 Å². The van der Waals surface area contributed by atoms with Crippen molar-refractivity contribution in [3.05, 3.63) is 60.2 Å². The molecular weight excluding hydrogens is 277 g/mol. The zero-order chi connectivity index (χ0) is 15.3. The van der Waals surface area contributed by atoms with E-state index in [1.54, 1.807) is 54.6 Å². The van der Waals surface area contributed by atoms with E-state index in [1.807, 2.05) is 6.07 Å². The van der Waals surface area contributed by atoms with E-state index in [9.17, 15) is 13.2 Å². The molecule has 21 heavy (non-hydrogen) atoms. The largest absolute Gasteiger partial charge is 0.406 e. The van der Waals surface area contributed by atoms with Crippen molar-refractivity contribution in [3.8, 4) is 6.07 Å². The molecule has 0 aliphatic rings. The van der Waals surface area contributed by atoms with Crippen LogP contribution in [0.5, 0.6) is 0 Å². The van der Waals surface area contributed by atoms with Gasteiger partial charge in [-0.25, -0.2) is 0 Å². The third kappa shape index (κ3) is 4.25. The maximum absolute atomic E-state index is 12.8. The fraction of sp³-hybridized carbons (Fsp3) is 0.188. The second kappa shape index (κ2) is 6.31. The predicted molar refractivity (Wildman–Crippen MR) is 75.3 cm³/mol. The van der Waals surface area contributed by atoms with Crippen molar-refractivity contribution in [2.45, 2.75) is 12.6 Å². The van der Waals surface area contributed by atoms with Crippen molar-refractivity contribution in [1.82, 2.24) is 0 Å². The minimum absolute atomic E-state index is 0.169. The lowest BCUT2D eigenvalue weighted by molar-refractivity contribution is -0.118. The Morgan fingerprint density at radius 3 is 2.24 bits per heavy atom. The van der Waals surface area contributed by atoms with Gasteiger partial charge in [-0.05, 0) is 29.8 Å². The van der Waals surface area contributed by atoms with Crippen LogP contribution in [-0.2, 0) is 6.42 Å². The topological polar surface area (TPSA) is 27.0 Å². The monoisotopic (exact) mass is 290 g/mol. The van der Waals surface area contributed by atoms with Crippen LogP contribution in [0.3, 0.4) is 0 Å². The first kappa shape index (κ1) is 14.9. The van der Waals surface area contributed by atoms with E-state index >= 15 is 0 Å². The van der Waals surface area contributed by atoms with Crippen LogP contribution in [0.1, 0.15) is 5.56 Å². The van der Waals surface area contributed by atoms with E-state index < -0.39 is 12.7 Å². The summed E-state index contributed by atoms with van der Waals surface area (Å²) in [6.07, 6.45) is -4.15. The normalized spacial score (nSPS) is 11.0. The average molecular weight is 290 g/mol. The first-order valence-electron chi connectivity index (χ1n) is 6.35. The molecule has 0 N–H and O–H groups in total. The van der Waals surface area contributed by atoms with E-state index in [0.717, 1.165) is 0 Å². The van der Waals surface area contributed by atoms with Gasteiger partial charge in [0.2, 0.25) is 0 Å². The summed E-state index contributed by atoms with van der Waals surface area (Å²) in [4.78, 5) is 1.20. The Labute approximate surface area is 121 Å². The number of alkyl halides is 3. The third-order valence-electron chi connectivity index (χ3n) is 2.91. The van der Waals surface area contributed by atoms with Crippen LogP contribution in [0.4, 0.5) is 24.5 Å². The Morgan fingerprint density at radius 1 is 0.952 bits per heavy atom. The predicted octanol–water partition coefficient (Wildman–Crippen LogP) is 4.45. The summed E-state index contributed by atoms with van der Waals surface area (Å²) in [5.74, 6) is 0. The van der Waals surface area contributed by atoms with Gasteiger partial charge >= 0.3 is 6.18 Å². The van der Waals surface area contributed by atoms with Crippen LogP contribution in [0.15, 0.2) is 54.6 Å². The number of anilines is 2. The molecule has 0 unspecified atom stereocenters. The van der Waals surface area contributed by atoms with Gasteiger partial charge < -0.3 is 4.90 Å². The van der Waals surface area contributed by atoms with Crippen LogP contribution in [-0.4, -0.2) is 12.7 Å². The maximum atomic E-state index is 12.8. The van der Waals surface area contributed by atoms with E-state index in [1.165, 1.54) is 4.90 Å². The number of para-hydroxylation sites is 1. The molecule has 0 heterocycles. The summed E-state index contributed by atoms with van der Waals surface area (Å²) >= 11 is 0. The highest BCUT2D eigenvalue weighted by Gasteiger charge is 2.31. The molecule has 0 aromatic heterocycles. The van der Waals surface area contributed by atoms with Gasteiger partial charge in [0, 0.05) is 11.4 Å². The second-order valence-electron chi connectivity index (χ2n) is 4.54. The van der Waals surface area contributed by atoms with Gasteiger partial charge in [0.15, 0.2) is 0 Å². The van der Waals surface area contributed by atoms with Crippen molar-refractivity contribution < 1.29 is 13.2 Å². The zero-order valence-electron chi connectivity index (χ0n) is 11.1. The molecule has 108 valence electrons. The Bertz CT molecular complexity index is 630. The Kier molecular flexibility index (Phi) is 4.49. The summed E-state index contributed by atoms with van der Waals surface area (Å²) < 4.78 is 38.5. The number of rotatable bonds is 4. The fourth-order valence-corrected chi connectivity index (χ4v) is 2.04. The molecule has 0 radical (unpaired) electrons. The Morgan fingerprint density at radius 2 is 1.62 bits per heavy atom. The molecule has 0 bridgehead atoms. The molecule has 2 rings (SSSR count). The first-order valence-corrected chi connectivity index (χ1v) is 6.35. The van der Waals surface area contributed by atoms with Gasteiger partial charge in [0.05, 0.1) is 12.5 Å². The lowest BCUT2D eigenvalue weighted by Crippen LogP contribution is -2.30. The number of hydrogen-bond acceptors (Lipinski definition) is 2. The number of nitrogens with zero attached hydrogens (tertiary/aromatic N) is 2. The molecular formula is C16H13F3N2. The van der Waals surface area contributed by atoms with Gasteiger partial charge in [-0.3, -0.25) is 0 Å². The van der Waals surface area contributed by atoms with Crippen molar-refractivity contribution in [1.29, 1.82) is 5.26 Å². The highest BCUT2D eigenvalue weighted by Crippen LogP contribution is 2.30. The Balaban J connectivity index is 2.40. The van der Waals surface area contributed by atoms with Gasteiger partial charge in [0.25, 0.3) is 0 Å². The summed E-state index contributed by atoms with van der Waals surface area (Å²) in [5.41, 5.74) is 1.58. The molecule has 0 aliphatic heterocycles. The molecule has 0 saturated carbocycles. The summed E-state index contributed by atoms with van der Waals surface area (Å²) in [7, 11) is 0. The molecule has 2 aromatic carbocycles. The minimum Gasteiger partial charge on any atom is -0.332 e. The van der Waals surface area contributed by atoms with Gasteiger partial charge in [-0.15, -0.1) is 0 Å². The molecule has 0 atom stereocenters. The van der Waals surface area contributed by atoms with Gasteiger partial charge in [0.1, 0.15) is 6.54 Å². The van der Waals surface area contributed by atoms with E-state index in [-0.39, 0.29) is 6.42 Å². The summed E-state index contributed by atoms with van der Waals surface area (Å²) in [6.45, 7) is -1.08. The molecule has 0 fully saturated rings. The summed E-state index contributed by atoms with van der Waals surface area (Å²) in [5, 5.41) is 8.71. The molecule has 5 heteroatoms. The number of halogens is 3. The molecule has 0 spiro atoms. The zero-order valence-corrected chi connectivity index (χ0v) is 11.1. The molecule has 0 saturated heterocycles. The van der Waals surface area contributed by atoms with Crippen LogP contribution in [0.2, 0.25) is 0 Å². The van der Waals surface area contributed by atoms with E-state index in [2.05, 4.69) is 0 Å². The molecule has 2 nitrogen and oxygen atoms in total. The van der Waals surface area contributed by atoms with Crippen molar-refractivity contribution >= 4 is 11.4 Å². The van der Waals surface area contributed by atoms with Crippen LogP contribution in [0, 0.1) is 11.3 Å². The number of hydrogen-bond donors (Lipinski definition) is 0. The second-order valence-corrected chi connectivity index (χ2v) is 4.54. The van der Waals surface area contributed by atoms with Crippen LogP contribution in [0.25, 0.3) is 0 Å². The SMILES string of the molecule is N#CCc1cccc(N(CC(F)(F)F)c2ccccc2)c1. The number of nitriles is 1. The highest BCUT2D eigenvalue weighted by atomic mass is 19.4. The average Bonchev–Trinajstić information content (AvgIpc) is 2.45. The minimum atomic E-state index is -4.32. The Hall–Kier alpha value is -2.48. The standard InChI is InChI=1S/C16H13F3N2/c17-16(18,19)12-21(14-6-2-1-3-7-14)15-8-4-5-13(11-15)9-10-20/h1-8,11H,9,12H2. The lowest BCUT2D eigenvalue weighted by Gasteiger charge is -2.26. The highest BCUT2D eigenvalue weighted by molar-refractivity contribution is 5.64. The van der Waals surface area contributed by atoms with Gasteiger partial charge in [-0.2, -0.15) is 18.4 Å². The van der Waals surface area contributed by atoms with Crippen molar-refractivity contribution in [3.63, 3.8) is 0 Å². The first-order chi connectivity index (χ1) is 9.99. The maximum Gasteiger partial charge on any atom is 0.406 e. The van der Waals surface area contributed by atoms with Gasteiger partial charge in [-0.1, -0.05) is 30.3 Å². The van der Waals surface area contributed by atoms with E-state index in [0.29, 0.717) is 16.9 Å². The third-order valence-corrected chi connectivity index (χ3v) is 2.91. The van der Waals surface area contributed by atoms with E-state index in [4.69, 9.17) is 5.26 Å². The van der Waals surface area contributed by atoms with Crippen molar-refractivity contribution in [2.75, 3.05) is 11.4 Å². The molecule has 0 aliphatic carbocycles. The van der Waals surface area contributed by atoms with Crippen LogP contribution < -0.4 is 4.90 Å². The lowest BCUT2D eigenvalue weighted by atomic mass is 10.1. The summed E-state index contributed by atoms with van der Waals surface area (Å²) in [6, 6.07) is 17.0. The van der Waals surface area contributed by atoms with Crippen LogP contribution >= 0.6 is 0 Å². The smallest absolute Gasteiger partial charge is 0.332 e. The molecule has 2 aromatic rings.